The fourth-order valence-electron chi connectivity index (χ4n) is 7.83. The molecular formula is C38H58N7O2+. The zero-order valence-corrected chi connectivity index (χ0v) is 29.6. The van der Waals surface area contributed by atoms with Crippen LogP contribution < -0.4 is 16.4 Å². The second kappa shape index (κ2) is 16.5. The lowest BCUT2D eigenvalue weighted by Gasteiger charge is -2.45. The first kappa shape index (κ1) is 36.3. The smallest absolute Gasteiger partial charge is 0.252 e. The fourth-order valence-corrected chi connectivity index (χ4v) is 7.83. The Hall–Kier alpha value is -3.56. The van der Waals surface area contributed by atoms with Crippen molar-refractivity contribution in [3.8, 4) is 0 Å². The molecule has 2 fully saturated rings. The van der Waals surface area contributed by atoms with E-state index in [4.69, 9.17) is 5.73 Å². The van der Waals surface area contributed by atoms with E-state index < -0.39 is 0 Å². The average Bonchev–Trinajstić information content (AvgIpc) is 3.48. The van der Waals surface area contributed by atoms with Gasteiger partial charge in [0.2, 0.25) is 0 Å². The average molecular weight is 645 g/mol. The van der Waals surface area contributed by atoms with E-state index in [0.717, 1.165) is 48.1 Å². The quantitative estimate of drug-likeness (QED) is 0.150. The number of nitrogens with zero attached hydrogens (tertiary/aromatic N) is 4. The van der Waals surface area contributed by atoms with Crippen LogP contribution in [0.25, 0.3) is 0 Å². The van der Waals surface area contributed by atoms with Crippen molar-refractivity contribution < 1.29 is 14.1 Å². The number of quaternary nitrogens is 1. The number of carbonyl (C=O) groups excluding carboxylic acids is 2. The first-order chi connectivity index (χ1) is 22.6. The topological polar surface area (TPSA) is 113 Å². The minimum Gasteiger partial charge on any atom is -0.404 e. The molecule has 47 heavy (non-hydrogen) atoms. The van der Waals surface area contributed by atoms with Crippen molar-refractivity contribution in [3.05, 3.63) is 70.7 Å². The van der Waals surface area contributed by atoms with E-state index in [1.807, 2.05) is 19.9 Å². The Kier molecular flexibility index (Phi) is 12.7. The number of allylic oxidation sites excluding steroid dienone is 3. The van der Waals surface area contributed by atoms with E-state index in [9.17, 15) is 9.59 Å². The molecule has 4 N–H and O–H groups in total. The summed E-state index contributed by atoms with van der Waals surface area (Å²) >= 11 is 0. The van der Waals surface area contributed by atoms with Crippen LogP contribution in [0.15, 0.2) is 64.5 Å². The summed E-state index contributed by atoms with van der Waals surface area (Å²) < 4.78 is 0.821. The minimum absolute atomic E-state index is 0.158. The maximum Gasteiger partial charge on any atom is 0.252 e. The second-order valence-electron chi connectivity index (χ2n) is 13.9. The third-order valence-corrected chi connectivity index (χ3v) is 11.0. The maximum atomic E-state index is 13.3. The molecule has 0 radical (unpaired) electrons. The van der Waals surface area contributed by atoms with Crippen LogP contribution in [0, 0.1) is 6.92 Å². The summed E-state index contributed by atoms with van der Waals surface area (Å²) in [5.74, 6) is -0.342. The summed E-state index contributed by atoms with van der Waals surface area (Å²) in [5.41, 5.74) is 10.6. The van der Waals surface area contributed by atoms with Crippen molar-refractivity contribution in [2.75, 3.05) is 45.6 Å². The Bertz CT molecular complexity index is 1420. The Balaban J connectivity index is 1.35. The van der Waals surface area contributed by atoms with Crippen molar-refractivity contribution in [2.45, 2.75) is 103 Å². The number of pyridine rings is 1. The van der Waals surface area contributed by atoms with Gasteiger partial charge in [-0.3, -0.25) is 24.5 Å². The van der Waals surface area contributed by atoms with Gasteiger partial charge in [0.15, 0.2) is 0 Å². The Morgan fingerprint density at radius 2 is 1.94 bits per heavy atom. The fraction of sp³-hybridized carbons (Fsp3) is 0.579. The monoisotopic (exact) mass is 644 g/mol. The number of hydrogen-bond acceptors (Lipinski definition) is 6. The molecule has 3 aliphatic rings. The Morgan fingerprint density at radius 3 is 2.62 bits per heavy atom. The lowest BCUT2D eigenvalue weighted by atomic mass is 9.85. The molecule has 9 heteroatoms. The van der Waals surface area contributed by atoms with Crippen LogP contribution in [0.5, 0.6) is 0 Å². The molecule has 1 saturated heterocycles. The molecule has 256 valence electrons. The van der Waals surface area contributed by atoms with Crippen LogP contribution in [-0.2, 0) is 4.79 Å². The molecule has 0 aromatic carbocycles. The number of likely N-dealkylation sites (tertiary alicyclic amines) is 1. The highest BCUT2D eigenvalue weighted by atomic mass is 16.2. The summed E-state index contributed by atoms with van der Waals surface area (Å²) in [6, 6.07) is 2.30. The van der Waals surface area contributed by atoms with Crippen molar-refractivity contribution in [2.24, 2.45) is 10.7 Å². The first-order valence-corrected chi connectivity index (χ1v) is 17.6. The molecule has 2 amide bonds. The number of piperidine rings is 1. The van der Waals surface area contributed by atoms with Crippen LogP contribution in [0.3, 0.4) is 0 Å². The SMILES string of the molecule is CCC1C=CC(/C(C=NC)=C/N)=CC(C)[N+]1(C)CCC=C(C)C(=O)Nc1cc(C(=O)NCCN2CCCCC23CCCC3)cnc1C. The summed E-state index contributed by atoms with van der Waals surface area (Å²) in [7, 11) is 4.04. The van der Waals surface area contributed by atoms with Crippen molar-refractivity contribution in [1.29, 1.82) is 0 Å². The van der Waals surface area contributed by atoms with Gasteiger partial charge in [-0.15, -0.1) is 0 Å². The highest BCUT2D eigenvalue weighted by Gasteiger charge is 2.40. The number of hydrogen-bond donors (Lipinski definition) is 3. The van der Waals surface area contributed by atoms with Crippen LogP contribution in [0.4, 0.5) is 5.69 Å². The largest absolute Gasteiger partial charge is 0.404 e. The minimum atomic E-state index is -0.184. The van der Waals surface area contributed by atoms with Gasteiger partial charge in [-0.05, 0) is 76.8 Å². The van der Waals surface area contributed by atoms with E-state index >= 15 is 0 Å². The van der Waals surface area contributed by atoms with E-state index in [2.05, 4.69) is 64.6 Å². The standard InChI is InChI=1S/C38H57N7O2/c1-7-34-15-14-31(33(25-39)26-40-5)23-29(3)45(34,6)22-12-13-28(2)36(46)43-35-24-32(27-42-30(35)4)37(47)41-19-21-44-20-11-10-18-38(44)16-8-9-17-38/h13-15,23-27,29,34H,7-12,16-22H2,1-6H3,(H3-,39,40,41,43,46,47)/p+1. The van der Waals surface area contributed by atoms with Crippen LogP contribution in [-0.4, -0.2) is 90.3 Å². The molecule has 1 spiro atoms. The van der Waals surface area contributed by atoms with Gasteiger partial charge in [0.1, 0.15) is 12.1 Å². The van der Waals surface area contributed by atoms with Crippen molar-refractivity contribution in [3.63, 3.8) is 0 Å². The van der Waals surface area contributed by atoms with Gasteiger partial charge < -0.3 is 20.9 Å². The molecule has 1 aromatic rings. The third-order valence-electron chi connectivity index (χ3n) is 11.0. The number of aryl methyl sites for hydroxylation is 1. The third kappa shape index (κ3) is 8.68. The van der Waals surface area contributed by atoms with Gasteiger partial charge in [0.05, 0.1) is 30.5 Å². The van der Waals surface area contributed by atoms with Crippen LogP contribution in [0.1, 0.15) is 94.6 Å². The molecule has 3 unspecified atom stereocenters. The molecule has 1 aromatic heterocycles. The van der Waals surface area contributed by atoms with Gasteiger partial charge in [0.25, 0.3) is 11.8 Å². The van der Waals surface area contributed by atoms with Gasteiger partial charge in [-0.2, -0.15) is 0 Å². The number of nitrogens with two attached hydrogens (primary N) is 1. The normalized spacial score (nSPS) is 25.2. The van der Waals surface area contributed by atoms with Crippen molar-refractivity contribution in [1.82, 2.24) is 15.2 Å². The molecule has 1 saturated carbocycles. The molecule has 4 rings (SSSR count). The number of anilines is 1. The van der Waals surface area contributed by atoms with Crippen LogP contribution in [0.2, 0.25) is 0 Å². The number of nitrogens with one attached hydrogen (secondary N) is 2. The molecule has 2 aliphatic heterocycles. The number of rotatable bonds is 12. The highest BCUT2D eigenvalue weighted by Crippen LogP contribution is 2.41. The molecule has 9 nitrogen and oxygen atoms in total. The van der Waals surface area contributed by atoms with Crippen molar-refractivity contribution >= 4 is 23.7 Å². The molecule has 0 bridgehead atoms. The zero-order chi connectivity index (χ0) is 34.0. The zero-order valence-electron chi connectivity index (χ0n) is 29.6. The molecule has 1 aliphatic carbocycles. The van der Waals surface area contributed by atoms with Gasteiger partial charge in [-0.1, -0.05) is 38.3 Å². The second-order valence-corrected chi connectivity index (χ2v) is 13.9. The summed E-state index contributed by atoms with van der Waals surface area (Å²) in [6.07, 6.45) is 24.5. The number of aromatic nitrogens is 1. The van der Waals surface area contributed by atoms with E-state index in [-0.39, 0.29) is 17.9 Å². The first-order valence-electron chi connectivity index (χ1n) is 17.6. The maximum absolute atomic E-state index is 13.3. The predicted octanol–water partition coefficient (Wildman–Crippen LogP) is 5.85. The number of amides is 2. The molecular weight excluding hydrogens is 586 g/mol. The van der Waals surface area contributed by atoms with E-state index in [1.165, 1.54) is 44.9 Å². The van der Waals surface area contributed by atoms with Gasteiger partial charge in [0, 0.05) is 68.3 Å². The predicted molar refractivity (Wildman–Crippen MR) is 193 cm³/mol. The van der Waals surface area contributed by atoms with Gasteiger partial charge in [-0.25, -0.2) is 0 Å². The number of likely N-dealkylation sites (N-methyl/N-ethyl adjacent to an activating group) is 1. The molecule has 3 atom stereocenters. The summed E-state index contributed by atoms with van der Waals surface area (Å²) in [6.45, 7) is 11.6. The summed E-state index contributed by atoms with van der Waals surface area (Å²) in [5, 5.41) is 6.11. The Labute approximate surface area is 282 Å². The highest BCUT2D eigenvalue weighted by molar-refractivity contribution is 6.04. The lowest BCUT2D eigenvalue weighted by molar-refractivity contribution is -0.942. The van der Waals surface area contributed by atoms with Crippen LogP contribution >= 0.6 is 0 Å². The van der Waals surface area contributed by atoms with E-state index in [1.54, 1.807) is 31.7 Å². The summed E-state index contributed by atoms with van der Waals surface area (Å²) in [4.78, 5) is 37.6. The molecule has 3 heterocycles. The lowest BCUT2D eigenvalue weighted by Crippen LogP contribution is -2.56. The number of aliphatic imine (C=N–C) groups is 1. The van der Waals surface area contributed by atoms with E-state index in [0.29, 0.717) is 40.6 Å². The number of carbonyl (C=O) groups is 2. The van der Waals surface area contributed by atoms with Gasteiger partial charge >= 0.3 is 0 Å². The Morgan fingerprint density at radius 1 is 1.21 bits per heavy atom.